The molecule has 26 heavy (non-hydrogen) atoms. The summed E-state index contributed by atoms with van der Waals surface area (Å²) in [6.45, 7) is -0.0626. The summed E-state index contributed by atoms with van der Waals surface area (Å²) < 4.78 is 65.6. The van der Waals surface area contributed by atoms with Gasteiger partial charge in [-0.25, -0.2) is 4.68 Å². The molecule has 0 N–H and O–H groups in total. The first-order chi connectivity index (χ1) is 12.2. The van der Waals surface area contributed by atoms with Crippen LogP contribution >= 0.6 is 0 Å². The third-order valence-electron chi connectivity index (χ3n) is 3.48. The molecule has 0 atom stereocenters. The molecular formula is C16H11F3N2O4S. The van der Waals surface area contributed by atoms with Crippen molar-refractivity contribution in [3.63, 3.8) is 0 Å². The van der Waals surface area contributed by atoms with E-state index in [4.69, 9.17) is 0 Å². The minimum absolute atomic E-state index is 0.00851. The van der Waals surface area contributed by atoms with Crippen molar-refractivity contribution in [1.29, 1.82) is 0 Å². The summed E-state index contributed by atoms with van der Waals surface area (Å²) in [7, 11) is -5.92. The zero-order valence-corrected chi connectivity index (χ0v) is 13.8. The molecule has 3 aromatic rings. The molecule has 1 aromatic heterocycles. The maximum Gasteiger partial charge on any atom is 0.534 e. The van der Waals surface area contributed by atoms with E-state index in [0.717, 1.165) is 4.68 Å². The summed E-state index contributed by atoms with van der Waals surface area (Å²) >= 11 is 0. The summed E-state index contributed by atoms with van der Waals surface area (Å²) in [5.41, 5.74) is -5.54. The minimum Gasteiger partial charge on any atom is -0.353 e. The molecule has 0 amide bonds. The third-order valence-corrected chi connectivity index (χ3v) is 4.43. The van der Waals surface area contributed by atoms with Crippen LogP contribution < -0.4 is 9.74 Å². The number of hydrogen-bond acceptors (Lipinski definition) is 5. The van der Waals surface area contributed by atoms with E-state index in [1.165, 1.54) is 24.3 Å². The van der Waals surface area contributed by atoms with Crippen LogP contribution in [0.15, 0.2) is 59.4 Å². The molecule has 0 spiro atoms. The Kier molecular flexibility index (Phi) is 4.45. The fraction of sp³-hybridized carbons (Fsp3) is 0.125. The molecule has 0 bridgehead atoms. The highest BCUT2D eigenvalue weighted by Gasteiger charge is 2.49. The molecule has 0 fully saturated rings. The van der Waals surface area contributed by atoms with Crippen molar-refractivity contribution in [3.05, 3.63) is 70.5 Å². The second-order valence-electron chi connectivity index (χ2n) is 5.28. The molecule has 10 heteroatoms. The number of benzene rings is 2. The Labute approximate surface area is 145 Å². The lowest BCUT2D eigenvalue weighted by molar-refractivity contribution is -0.0501. The molecule has 6 nitrogen and oxygen atoms in total. The van der Waals surface area contributed by atoms with Gasteiger partial charge in [0.1, 0.15) is 0 Å². The lowest BCUT2D eigenvalue weighted by Gasteiger charge is -2.13. The van der Waals surface area contributed by atoms with Gasteiger partial charge in [-0.1, -0.05) is 42.5 Å². The van der Waals surface area contributed by atoms with Crippen molar-refractivity contribution in [1.82, 2.24) is 9.78 Å². The molecule has 136 valence electrons. The molecule has 0 radical (unpaired) electrons. The average Bonchev–Trinajstić information content (AvgIpc) is 2.59. The van der Waals surface area contributed by atoms with Crippen molar-refractivity contribution < 1.29 is 25.8 Å². The van der Waals surface area contributed by atoms with Gasteiger partial charge in [0, 0.05) is 0 Å². The summed E-state index contributed by atoms with van der Waals surface area (Å²) in [5, 5.41) is 3.56. The van der Waals surface area contributed by atoms with Gasteiger partial charge >= 0.3 is 15.6 Å². The lowest BCUT2D eigenvalue weighted by atomic mass is 10.2. The first kappa shape index (κ1) is 17.9. The minimum atomic E-state index is -5.92. The van der Waals surface area contributed by atoms with Crippen LogP contribution in [0.1, 0.15) is 5.56 Å². The first-order valence-electron chi connectivity index (χ1n) is 7.23. The fourth-order valence-electron chi connectivity index (χ4n) is 2.28. The van der Waals surface area contributed by atoms with Gasteiger partial charge < -0.3 is 4.18 Å². The van der Waals surface area contributed by atoms with E-state index < -0.39 is 27.1 Å². The van der Waals surface area contributed by atoms with Gasteiger partial charge in [0.05, 0.1) is 17.3 Å². The highest BCUT2D eigenvalue weighted by atomic mass is 32.2. The van der Waals surface area contributed by atoms with E-state index in [2.05, 4.69) is 9.28 Å². The van der Waals surface area contributed by atoms with Gasteiger partial charge in [-0.05, 0) is 17.7 Å². The van der Waals surface area contributed by atoms with Gasteiger partial charge in [0.15, 0.2) is 0 Å². The fourth-order valence-corrected chi connectivity index (χ4v) is 2.71. The third kappa shape index (κ3) is 3.40. The van der Waals surface area contributed by atoms with Gasteiger partial charge in [0.2, 0.25) is 0 Å². The molecular weight excluding hydrogens is 373 g/mol. The normalized spacial score (nSPS) is 12.3. The van der Waals surface area contributed by atoms with Crippen LogP contribution in [0.25, 0.3) is 10.8 Å². The van der Waals surface area contributed by atoms with Crippen molar-refractivity contribution in [3.8, 4) is 5.88 Å². The summed E-state index contributed by atoms with van der Waals surface area (Å²) in [6, 6.07) is 14.1. The van der Waals surface area contributed by atoms with Crippen LogP contribution in [-0.2, 0) is 16.7 Å². The number of alkyl halides is 3. The molecule has 0 aliphatic carbocycles. The van der Waals surface area contributed by atoms with Crippen molar-refractivity contribution in [2.75, 3.05) is 0 Å². The van der Waals surface area contributed by atoms with Gasteiger partial charge in [-0.2, -0.15) is 21.6 Å². The second kappa shape index (κ2) is 6.45. The quantitative estimate of drug-likeness (QED) is 0.511. The Balaban J connectivity index is 2.16. The summed E-state index contributed by atoms with van der Waals surface area (Å²) in [5.74, 6) is -0.812. The maximum absolute atomic E-state index is 12.6. The second-order valence-corrected chi connectivity index (χ2v) is 6.82. The number of aromatic nitrogens is 2. The smallest absolute Gasteiger partial charge is 0.353 e. The Morgan fingerprint density at radius 1 is 0.962 bits per heavy atom. The van der Waals surface area contributed by atoms with Crippen LogP contribution in [0.3, 0.4) is 0 Å². The molecule has 0 unspecified atom stereocenters. The molecule has 1 heterocycles. The molecule has 0 saturated heterocycles. The standard InChI is InChI=1S/C16H11F3N2O4S/c17-16(18,19)26(23,24)25-14-12-8-4-5-9-13(12)15(22)21(20-14)10-11-6-2-1-3-7-11/h1-9H,10H2. The number of hydrogen-bond donors (Lipinski definition) is 0. The van der Waals surface area contributed by atoms with Crippen molar-refractivity contribution >= 4 is 20.9 Å². The number of nitrogens with zero attached hydrogens (tertiary/aromatic N) is 2. The number of rotatable bonds is 4. The Hall–Kier alpha value is -2.88. The Morgan fingerprint density at radius 3 is 2.15 bits per heavy atom. The van der Waals surface area contributed by atoms with E-state index in [1.54, 1.807) is 30.3 Å². The van der Waals surface area contributed by atoms with E-state index in [-0.39, 0.29) is 17.3 Å². The Morgan fingerprint density at radius 2 is 1.54 bits per heavy atom. The van der Waals surface area contributed by atoms with Crippen molar-refractivity contribution in [2.45, 2.75) is 12.1 Å². The zero-order chi connectivity index (χ0) is 18.9. The van der Waals surface area contributed by atoms with Gasteiger partial charge in [-0.3, -0.25) is 4.79 Å². The largest absolute Gasteiger partial charge is 0.534 e. The van der Waals surface area contributed by atoms with E-state index in [9.17, 15) is 26.4 Å². The van der Waals surface area contributed by atoms with Gasteiger partial charge in [-0.15, -0.1) is 5.10 Å². The van der Waals surface area contributed by atoms with E-state index in [0.29, 0.717) is 5.56 Å². The maximum atomic E-state index is 12.6. The monoisotopic (exact) mass is 384 g/mol. The number of fused-ring (bicyclic) bond motifs is 1. The van der Waals surface area contributed by atoms with Crippen LogP contribution in [-0.4, -0.2) is 23.7 Å². The van der Waals surface area contributed by atoms with Crippen molar-refractivity contribution in [2.24, 2.45) is 0 Å². The van der Waals surface area contributed by atoms with Crippen LogP contribution in [0.4, 0.5) is 13.2 Å². The highest BCUT2D eigenvalue weighted by molar-refractivity contribution is 7.88. The zero-order valence-electron chi connectivity index (χ0n) is 13.0. The molecule has 3 rings (SSSR count). The number of halogens is 3. The first-order valence-corrected chi connectivity index (χ1v) is 8.64. The lowest BCUT2D eigenvalue weighted by Crippen LogP contribution is -2.30. The molecule has 0 aliphatic heterocycles. The van der Waals surface area contributed by atoms with E-state index >= 15 is 0 Å². The average molecular weight is 384 g/mol. The predicted octanol–water partition coefficient (Wildman–Crippen LogP) is 2.67. The summed E-state index contributed by atoms with van der Waals surface area (Å²) in [4.78, 5) is 12.5. The summed E-state index contributed by atoms with van der Waals surface area (Å²) in [6.07, 6.45) is 0. The predicted molar refractivity (Wildman–Crippen MR) is 87.1 cm³/mol. The molecule has 0 saturated carbocycles. The SMILES string of the molecule is O=c1c2ccccc2c(OS(=O)(=O)C(F)(F)F)nn1Cc1ccccc1. The molecule has 2 aromatic carbocycles. The van der Waals surface area contributed by atoms with Crippen LogP contribution in [0.5, 0.6) is 5.88 Å². The topological polar surface area (TPSA) is 78.3 Å². The van der Waals surface area contributed by atoms with Crippen LogP contribution in [0.2, 0.25) is 0 Å². The molecule has 0 aliphatic rings. The highest BCUT2D eigenvalue weighted by Crippen LogP contribution is 2.29. The van der Waals surface area contributed by atoms with E-state index in [1.807, 2.05) is 0 Å². The van der Waals surface area contributed by atoms with Crippen LogP contribution in [0, 0.1) is 0 Å². The Bertz CT molecular complexity index is 1110. The van der Waals surface area contributed by atoms with Gasteiger partial charge in [0.25, 0.3) is 11.4 Å².